The Bertz CT molecular complexity index is 1600. The van der Waals surface area contributed by atoms with Crippen molar-refractivity contribution < 1.29 is 9.15 Å². The predicted molar refractivity (Wildman–Crippen MR) is 149 cm³/mol. The van der Waals surface area contributed by atoms with Crippen molar-refractivity contribution in [2.75, 3.05) is 19.7 Å². The summed E-state index contributed by atoms with van der Waals surface area (Å²) < 4.78 is 12.7. The molecule has 2 atom stereocenters. The van der Waals surface area contributed by atoms with Crippen LogP contribution < -0.4 is 15.4 Å². The highest BCUT2D eigenvalue weighted by Gasteiger charge is 2.27. The number of fused-ring (bicyclic) bond motifs is 5. The van der Waals surface area contributed by atoms with Crippen molar-refractivity contribution in [3.63, 3.8) is 0 Å². The van der Waals surface area contributed by atoms with E-state index in [0.29, 0.717) is 18.7 Å². The summed E-state index contributed by atoms with van der Waals surface area (Å²) in [5.41, 5.74) is 9.00. The normalized spacial score (nSPS) is 22.6. The molecule has 0 radical (unpaired) electrons. The number of H-pyrrole nitrogens is 1. The van der Waals surface area contributed by atoms with E-state index in [4.69, 9.17) is 14.1 Å². The highest BCUT2D eigenvalue weighted by atomic mass is 16.5. The predicted octanol–water partition coefficient (Wildman–Crippen LogP) is 5.79. The molecule has 8 rings (SSSR count). The van der Waals surface area contributed by atoms with Gasteiger partial charge in [0.2, 0.25) is 0 Å². The van der Waals surface area contributed by atoms with Crippen molar-refractivity contribution in [1.82, 2.24) is 20.6 Å². The number of rotatable bonds is 4. The number of hydrogen-bond donors (Lipinski definition) is 3. The van der Waals surface area contributed by atoms with E-state index in [1.165, 1.54) is 41.7 Å². The number of allylic oxidation sites excluding steroid dienone is 1. The molecular formula is C31H31N5O2. The minimum Gasteiger partial charge on any atom is -0.492 e. The molecule has 7 heteroatoms. The van der Waals surface area contributed by atoms with Gasteiger partial charge >= 0.3 is 0 Å². The molecule has 0 saturated carbocycles. The smallest absolute Gasteiger partial charge is 0.142 e. The molecule has 6 heterocycles. The summed E-state index contributed by atoms with van der Waals surface area (Å²) in [6.45, 7) is 2.77. The highest BCUT2D eigenvalue weighted by molar-refractivity contribution is 6.02. The Labute approximate surface area is 221 Å². The van der Waals surface area contributed by atoms with Gasteiger partial charge in [-0.05, 0) is 80.2 Å². The van der Waals surface area contributed by atoms with Crippen molar-refractivity contribution in [3.05, 3.63) is 65.7 Å². The lowest BCUT2D eigenvalue weighted by Crippen LogP contribution is -2.29. The molecule has 0 spiro atoms. The van der Waals surface area contributed by atoms with Gasteiger partial charge in [-0.1, -0.05) is 6.07 Å². The van der Waals surface area contributed by atoms with E-state index in [2.05, 4.69) is 57.0 Å². The van der Waals surface area contributed by atoms with Crippen molar-refractivity contribution in [1.29, 1.82) is 0 Å². The average Bonchev–Trinajstić information content (AvgIpc) is 3.77. The molecular weight excluding hydrogens is 474 g/mol. The first-order chi connectivity index (χ1) is 18.8. The lowest BCUT2D eigenvalue weighted by molar-refractivity contribution is 0.327. The fourth-order valence-electron chi connectivity index (χ4n) is 6.46. The third-order valence-electron chi connectivity index (χ3n) is 8.51. The molecule has 2 aromatic heterocycles. The number of hydrogen-bond acceptors (Lipinski definition) is 6. The zero-order valence-electron chi connectivity index (χ0n) is 21.3. The van der Waals surface area contributed by atoms with Crippen LogP contribution in [0.1, 0.15) is 55.1 Å². The number of aromatic nitrogens is 2. The maximum atomic E-state index is 6.46. The monoisotopic (exact) mass is 505 g/mol. The van der Waals surface area contributed by atoms with Crippen molar-refractivity contribution in [3.8, 4) is 28.3 Å². The van der Waals surface area contributed by atoms with Crippen molar-refractivity contribution in [2.24, 2.45) is 4.99 Å². The summed E-state index contributed by atoms with van der Waals surface area (Å²) in [7, 11) is 0. The van der Waals surface area contributed by atoms with E-state index in [1.54, 1.807) is 0 Å². The van der Waals surface area contributed by atoms with Gasteiger partial charge < -0.3 is 24.8 Å². The van der Waals surface area contributed by atoms with Crippen LogP contribution in [0.3, 0.4) is 0 Å². The van der Waals surface area contributed by atoms with Gasteiger partial charge in [-0.2, -0.15) is 0 Å². The lowest BCUT2D eigenvalue weighted by atomic mass is 9.96. The molecule has 4 aliphatic heterocycles. The summed E-state index contributed by atoms with van der Waals surface area (Å²) in [6, 6.07) is 13.7. The van der Waals surface area contributed by atoms with Gasteiger partial charge in [-0.3, -0.25) is 4.99 Å². The lowest BCUT2D eigenvalue weighted by Gasteiger charge is -2.12. The number of ether oxygens (including phenoxy) is 1. The molecule has 2 fully saturated rings. The molecule has 0 aliphatic carbocycles. The van der Waals surface area contributed by atoms with Gasteiger partial charge in [-0.25, -0.2) is 4.98 Å². The first-order valence-corrected chi connectivity index (χ1v) is 13.9. The number of imidazole rings is 1. The largest absolute Gasteiger partial charge is 0.492 e. The van der Waals surface area contributed by atoms with Crippen LogP contribution in [-0.2, 0) is 6.42 Å². The number of nitrogens with zero attached hydrogens (tertiary/aromatic N) is 2. The zero-order valence-corrected chi connectivity index (χ0v) is 21.3. The number of furan rings is 1. The van der Waals surface area contributed by atoms with E-state index >= 15 is 0 Å². The van der Waals surface area contributed by atoms with Crippen LogP contribution in [0.15, 0.2) is 58.2 Å². The molecule has 4 aromatic rings. The summed E-state index contributed by atoms with van der Waals surface area (Å²) >= 11 is 0. The van der Waals surface area contributed by atoms with Gasteiger partial charge in [0.1, 0.15) is 22.9 Å². The third kappa shape index (κ3) is 3.72. The minimum atomic E-state index is 0.328. The summed E-state index contributed by atoms with van der Waals surface area (Å²) in [5.74, 6) is 2.83. The van der Waals surface area contributed by atoms with Crippen LogP contribution in [0.5, 0.6) is 5.75 Å². The topological polar surface area (TPSA) is 87.5 Å². The Morgan fingerprint density at radius 3 is 2.66 bits per heavy atom. The Balaban J connectivity index is 1.10. The standard InChI is InChI=1S/C31H31N5O2/c1-3-24(32-10-1)26-14-20(16-34-26)18-5-7-22-29(15-18)37-12-9-21-23-13-19(6-8-28(23)38-30(21)22)27-17-35-31(36-27)25-4-2-11-33-25/h5-8,13,15-17,24-25,32-33H,1-4,9-12,14H2,(H,35,36)/t24-,25-/m0/s1. The Hall–Kier alpha value is -3.68. The van der Waals surface area contributed by atoms with Gasteiger partial charge in [-0.15, -0.1) is 0 Å². The minimum absolute atomic E-state index is 0.328. The number of aromatic amines is 1. The molecule has 0 unspecified atom stereocenters. The second-order valence-corrected chi connectivity index (χ2v) is 10.9. The first kappa shape index (κ1) is 22.3. The Morgan fingerprint density at radius 2 is 1.79 bits per heavy atom. The van der Waals surface area contributed by atoms with Crippen LogP contribution in [0.2, 0.25) is 0 Å². The van der Waals surface area contributed by atoms with E-state index in [0.717, 1.165) is 77.5 Å². The molecule has 3 N–H and O–H groups in total. The van der Waals surface area contributed by atoms with Crippen molar-refractivity contribution >= 4 is 22.3 Å². The molecule has 38 heavy (non-hydrogen) atoms. The average molecular weight is 506 g/mol. The summed E-state index contributed by atoms with van der Waals surface area (Å²) in [4.78, 5) is 13.0. The second-order valence-electron chi connectivity index (χ2n) is 10.9. The molecule has 4 aliphatic rings. The Morgan fingerprint density at radius 1 is 0.921 bits per heavy atom. The highest BCUT2D eigenvalue weighted by Crippen LogP contribution is 2.43. The van der Waals surface area contributed by atoms with Gasteiger partial charge in [0, 0.05) is 47.3 Å². The van der Waals surface area contributed by atoms with Gasteiger partial charge in [0.25, 0.3) is 0 Å². The molecule has 0 bridgehead atoms. The van der Waals surface area contributed by atoms with E-state index in [-0.39, 0.29) is 0 Å². The van der Waals surface area contributed by atoms with E-state index in [9.17, 15) is 0 Å². The van der Waals surface area contributed by atoms with Gasteiger partial charge in [0.15, 0.2) is 0 Å². The zero-order chi connectivity index (χ0) is 25.1. The first-order valence-electron chi connectivity index (χ1n) is 13.9. The maximum Gasteiger partial charge on any atom is 0.142 e. The number of nitrogens with one attached hydrogen (secondary N) is 3. The van der Waals surface area contributed by atoms with E-state index < -0.39 is 0 Å². The fraction of sp³-hybridized carbons (Fsp3) is 0.355. The third-order valence-corrected chi connectivity index (χ3v) is 8.51. The molecule has 2 saturated heterocycles. The molecule has 192 valence electrons. The van der Waals surface area contributed by atoms with Crippen LogP contribution in [0.4, 0.5) is 0 Å². The fourth-order valence-corrected chi connectivity index (χ4v) is 6.46. The molecule has 2 aromatic carbocycles. The number of benzene rings is 2. The molecule has 0 amide bonds. The quantitative estimate of drug-likeness (QED) is 0.327. The van der Waals surface area contributed by atoms with Crippen LogP contribution in [-0.4, -0.2) is 41.4 Å². The van der Waals surface area contributed by atoms with Gasteiger partial charge in [0.05, 0.1) is 30.1 Å². The SMILES string of the molecule is C1=C(c2ccc3c(c2)OCCc2c-3oc3ccc(-c4cnc([C@@H]5CCCN5)[nH]4)cc23)CC([C@@H]2CCCN2)=N1. The Kier molecular flexibility index (Phi) is 5.26. The summed E-state index contributed by atoms with van der Waals surface area (Å²) in [6.07, 6.45) is 10.4. The van der Waals surface area contributed by atoms with E-state index in [1.807, 2.05) is 12.4 Å². The summed E-state index contributed by atoms with van der Waals surface area (Å²) in [5, 5.41) is 8.24. The molecule has 7 nitrogen and oxygen atoms in total. The van der Waals surface area contributed by atoms with Crippen LogP contribution >= 0.6 is 0 Å². The second kappa shape index (κ2) is 8.96. The number of aliphatic imine (C=N–C) groups is 1. The van der Waals surface area contributed by atoms with Crippen molar-refractivity contribution in [2.45, 2.75) is 50.6 Å². The van der Waals surface area contributed by atoms with Crippen LogP contribution in [0.25, 0.3) is 39.1 Å². The van der Waals surface area contributed by atoms with Crippen LogP contribution in [0, 0.1) is 0 Å². The maximum absolute atomic E-state index is 6.46.